The molecule has 150 valence electrons. The molecule has 1 aliphatic rings. The Hall–Kier alpha value is -1.60. The number of amides is 1. The van der Waals surface area contributed by atoms with E-state index in [4.69, 9.17) is 23.2 Å². The van der Waals surface area contributed by atoms with Crippen molar-refractivity contribution in [2.24, 2.45) is 0 Å². The fraction of sp³-hybridized carbons (Fsp3) is 0.350. The summed E-state index contributed by atoms with van der Waals surface area (Å²) < 4.78 is 27.1. The quantitative estimate of drug-likeness (QED) is 0.693. The minimum Gasteiger partial charge on any atom is -0.337 e. The van der Waals surface area contributed by atoms with Crippen LogP contribution >= 0.6 is 23.2 Å². The SMILES string of the molecule is Cc1ccc(S(=O)(=O)N2CCCC2)cc1C(=O)N(C)Cc1ccc(Cl)c(Cl)c1. The summed E-state index contributed by atoms with van der Waals surface area (Å²) in [6.07, 6.45) is 1.73. The van der Waals surface area contributed by atoms with Gasteiger partial charge in [0.2, 0.25) is 10.0 Å². The number of benzene rings is 2. The molecule has 0 unspecified atom stereocenters. The predicted molar refractivity (Wildman–Crippen MR) is 111 cm³/mol. The van der Waals surface area contributed by atoms with Crippen LogP contribution in [0.25, 0.3) is 0 Å². The molecule has 0 N–H and O–H groups in total. The van der Waals surface area contributed by atoms with Crippen LogP contribution in [-0.4, -0.2) is 43.7 Å². The van der Waals surface area contributed by atoms with Gasteiger partial charge in [0.15, 0.2) is 0 Å². The number of hydrogen-bond donors (Lipinski definition) is 0. The van der Waals surface area contributed by atoms with Crippen LogP contribution in [0.5, 0.6) is 0 Å². The monoisotopic (exact) mass is 440 g/mol. The highest BCUT2D eigenvalue weighted by Crippen LogP contribution is 2.25. The minimum absolute atomic E-state index is 0.159. The van der Waals surface area contributed by atoms with E-state index < -0.39 is 10.0 Å². The summed E-state index contributed by atoms with van der Waals surface area (Å²) in [5.74, 6) is -0.248. The molecule has 1 fully saturated rings. The van der Waals surface area contributed by atoms with E-state index in [-0.39, 0.29) is 10.8 Å². The van der Waals surface area contributed by atoms with Gasteiger partial charge in [0.25, 0.3) is 5.91 Å². The second-order valence-corrected chi connectivity index (χ2v) is 9.75. The summed E-state index contributed by atoms with van der Waals surface area (Å²) in [6, 6.07) is 9.94. The molecule has 0 aliphatic carbocycles. The van der Waals surface area contributed by atoms with Crippen LogP contribution in [0.1, 0.15) is 34.3 Å². The number of hydrogen-bond acceptors (Lipinski definition) is 3. The van der Waals surface area contributed by atoms with Gasteiger partial charge >= 0.3 is 0 Å². The Kier molecular flexibility index (Phi) is 6.34. The van der Waals surface area contributed by atoms with E-state index in [1.165, 1.54) is 15.3 Å². The molecule has 1 amide bonds. The highest BCUT2D eigenvalue weighted by Gasteiger charge is 2.28. The van der Waals surface area contributed by atoms with Crippen molar-refractivity contribution in [2.45, 2.75) is 31.2 Å². The highest BCUT2D eigenvalue weighted by molar-refractivity contribution is 7.89. The van der Waals surface area contributed by atoms with Gasteiger partial charge in [0.05, 0.1) is 14.9 Å². The first-order valence-electron chi connectivity index (χ1n) is 9.00. The number of carbonyl (C=O) groups excluding carboxylic acids is 1. The second kappa shape index (κ2) is 8.41. The van der Waals surface area contributed by atoms with Gasteiger partial charge in [-0.05, 0) is 55.2 Å². The molecule has 1 heterocycles. The van der Waals surface area contributed by atoms with Crippen molar-refractivity contribution in [1.29, 1.82) is 0 Å². The lowest BCUT2D eigenvalue weighted by atomic mass is 10.1. The Morgan fingerprint density at radius 2 is 1.75 bits per heavy atom. The lowest BCUT2D eigenvalue weighted by molar-refractivity contribution is 0.0784. The Morgan fingerprint density at radius 3 is 2.39 bits per heavy atom. The molecule has 0 atom stereocenters. The van der Waals surface area contributed by atoms with Crippen molar-refractivity contribution < 1.29 is 13.2 Å². The maximum absolute atomic E-state index is 13.0. The zero-order chi connectivity index (χ0) is 20.5. The van der Waals surface area contributed by atoms with Crippen molar-refractivity contribution in [3.05, 3.63) is 63.1 Å². The van der Waals surface area contributed by atoms with Gasteiger partial charge in [-0.15, -0.1) is 0 Å². The molecule has 2 aromatic rings. The molecule has 1 aliphatic heterocycles. The highest BCUT2D eigenvalue weighted by atomic mass is 35.5. The molecule has 1 saturated heterocycles. The zero-order valence-corrected chi connectivity index (χ0v) is 18.1. The van der Waals surface area contributed by atoms with E-state index >= 15 is 0 Å². The van der Waals surface area contributed by atoms with Crippen molar-refractivity contribution in [1.82, 2.24) is 9.21 Å². The predicted octanol–water partition coefficient (Wildman–Crippen LogP) is 4.36. The first-order chi connectivity index (χ1) is 13.2. The van der Waals surface area contributed by atoms with Crippen LogP contribution in [0.4, 0.5) is 0 Å². The first-order valence-corrected chi connectivity index (χ1v) is 11.2. The summed E-state index contributed by atoms with van der Waals surface area (Å²) >= 11 is 12.0. The van der Waals surface area contributed by atoms with Gasteiger partial charge in [-0.25, -0.2) is 8.42 Å². The van der Waals surface area contributed by atoms with Crippen LogP contribution in [0.15, 0.2) is 41.3 Å². The van der Waals surface area contributed by atoms with E-state index in [9.17, 15) is 13.2 Å². The van der Waals surface area contributed by atoms with Crippen LogP contribution in [-0.2, 0) is 16.6 Å². The summed E-state index contributed by atoms with van der Waals surface area (Å²) in [5, 5.41) is 0.880. The average Bonchev–Trinajstić information content (AvgIpc) is 3.20. The molecule has 0 bridgehead atoms. The number of rotatable bonds is 5. The van der Waals surface area contributed by atoms with E-state index in [1.807, 2.05) is 0 Å². The van der Waals surface area contributed by atoms with Crippen molar-refractivity contribution in [3.8, 4) is 0 Å². The number of nitrogens with zero attached hydrogens (tertiary/aromatic N) is 2. The minimum atomic E-state index is -3.58. The summed E-state index contributed by atoms with van der Waals surface area (Å²) in [7, 11) is -1.90. The second-order valence-electron chi connectivity index (χ2n) is 7.00. The smallest absolute Gasteiger partial charge is 0.254 e. The van der Waals surface area contributed by atoms with E-state index in [0.717, 1.165) is 24.0 Å². The lowest BCUT2D eigenvalue weighted by Crippen LogP contribution is -2.29. The molecule has 0 aromatic heterocycles. The Morgan fingerprint density at radius 1 is 1.07 bits per heavy atom. The Labute approximate surface area is 175 Å². The topological polar surface area (TPSA) is 57.7 Å². The van der Waals surface area contributed by atoms with Gasteiger partial charge in [0.1, 0.15) is 0 Å². The van der Waals surface area contributed by atoms with Crippen LogP contribution in [0.3, 0.4) is 0 Å². The largest absolute Gasteiger partial charge is 0.337 e. The van der Waals surface area contributed by atoms with Gasteiger partial charge in [-0.1, -0.05) is 35.3 Å². The molecular weight excluding hydrogens is 419 g/mol. The Bertz CT molecular complexity index is 1000. The van der Waals surface area contributed by atoms with Gasteiger partial charge in [-0.3, -0.25) is 4.79 Å². The zero-order valence-electron chi connectivity index (χ0n) is 15.8. The third-order valence-electron chi connectivity index (χ3n) is 4.89. The molecule has 0 radical (unpaired) electrons. The van der Waals surface area contributed by atoms with E-state index in [1.54, 1.807) is 44.3 Å². The van der Waals surface area contributed by atoms with Crippen molar-refractivity contribution >= 4 is 39.1 Å². The summed E-state index contributed by atoms with van der Waals surface area (Å²) in [5.41, 5.74) is 1.94. The number of carbonyl (C=O) groups is 1. The maximum atomic E-state index is 13.0. The van der Waals surface area contributed by atoms with Gasteiger partial charge in [-0.2, -0.15) is 4.31 Å². The average molecular weight is 441 g/mol. The summed E-state index contributed by atoms with van der Waals surface area (Å²) in [6.45, 7) is 3.18. The van der Waals surface area contributed by atoms with Crippen molar-refractivity contribution in [2.75, 3.05) is 20.1 Å². The van der Waals surface area contributed by atoms with E-state index in [2.05, 4.69) is 0 Å². The standard InChI is InChI=1S/C20H22Cl2N2O3S/c1-14-5-7-16(28(26,27)24-9-3-4-10-24)12-17(14)20(25)23(2)13-15-6-8-18(21)19(22)11-15/h5-8,11-12H,3-4,9-10,13H2,1-2H3. The number of halogens is 2. The Balaban J connectivity index is 1.85. The maximum Gasteiger partial charge on any atom is 0.254 e. The van der Waals surface area contributed by atoms with Gasteiger partial charge < -0.3 is 4.90 Å². The number of aryl methyl sites for hydroxylation is 1. The van der Waals surface area contributed by atoms with Crippen molar-refractivity contribution in [3.63, 3.8) is 0 Å². The van der Waals surface area contributed by atoms with E-state index in [0.29, 0.717) is 35.2 Å². The fourth-order valence-electron chi connectivity index (χ4n) is 3.26. The number of sulfonamides is 1. The fourth-order valence-corrected chi connectivity index (χ4v) is 5.12. The van der Waals surface area contributed by atoms with Crippen LogP contribution in [0, 0.1) is 6.92 Å². The molecule has 28 heavy (non-hydrogen) atoms. The molecule has 8 heteroatoms. The molecule has 2 aromatic carbocycles. The molecule has 0 saturated carbocycles. The van der Waals surface area contributed by atoms with Crippen LogP contribution < -0.4 is 0 Å². The normalized spacial score (nSPS) is 15.0. The molecular formula is C20H22Cl2N2O3S. The van der Waals surface area contributed by atoms with Gasteiger partial charge in [0, 0.05) is 32.2 Å². The molecule has 5 nitrogen and oxygen atoms in total. The third kappa shape index (κ3) is 4.35. The third-order valence-corrected chi connectivity index (χ3v) is 7.53. The van der Waals surface area contributed by atoms with Crippen LogP contribution in [0.2, 0.25) is 10.0 Å². The molecule has 3 rings (SSSR count). The lowest BCUT2D eigenvalue weighted by Gasteiger charge is -2.20. The first kappa shape index (κ1) is 21.1. The molecule has 0 spiro atoms. The summed E-state index contributed by atoms with van der Waals surface area (Å²) in [4.78, 5) is 14.7.